The van der Waals surface area contributed by atoms with E-state index in [0.717, 1.165) is 5.69 Å². The minimum Gasteiger partial charge on any atom is -0.367 e. The zero-order chi connectivity index (χ0) is 15.7. The summed E-state index contributed by atoms with van der Waals surface area (Å²) in [6.45, 7) is 0.222. The highest BCUT2D eigenvalue weighted by Gasteiger charge is 2.66. The van der Waals surface area contributed by atoms with Crippen molar-refractivity contribution in [2.45, 2.75) is 6.42 Å². The van der Waals surface area contributed by atoms with Crippen molar-refractivity contribution in [1.29, 1.82) is 0 Å². The molecular formula is C18H17ClN2O2. The third-order valence-electron chi connectivity index (χ3n) is 6.02. The smallest absolute Gasteiger partial charge is 0.235 e. The minimum atomic E-state index is -0.123. The van der Waals surface area contributed by atoms with Gasteiger partial charge in [-0.3, -0.25) is 14.5 Å². The van der Waals surface area contributed by atoms with Crippen LogP contribution < -0.4 is 5.32 Å². The molecule has 3 fully saturated rings. The lowest BCUT2D eigenvalue weighted by molar-refractivity contribution is -0.139. The Morgan fingerprint density at radius 1 is 1.09 bits per heavy atom. The van der Waals surface area contributed by atoms with Gasteiger partial charge in [-0.15, -0.1) is 0 Å². The van der Waals surface area contributed by atoms with Gasteiger partial charge in [-0.05, 0) is 48.3 Å². The van der Waals surface area contributed by atoms with Crippen LogP contribution in [0.5, 0.6) is 0 Å². The number of carbonyl (C=O) groups is 2. The van der Waals surface area contributed by atoms with E-state index < -0.39 is 0 Å². The van der Waals surface area contributed by atoms with E-state index in [1.54, 1.807) is 12.1 Å². The first kappa shape index (κ1) is 13.6. The quantitative estimate of drug-likeness (QED) is 0.685. The minimum absolute atomic E-state index is 0.000715. The number of allylic oxidation sites excluding steroid dienone is 2. The highest BCUT2D eigenvalue weighted by atomic mass is 35.5. The lowest BCUT2D eigenvalue weighted by atomic mass is 9.63. The molecule has 2 saturated carbocycles. The zero-order valence-electron chi connectivity index (χ0n) is 12.5. The summed E-state index contributed by atoms with van der Waals surface area (Å²) in [5.74, 6) is 1.60. The van der Waals surface area contributed by atoms with Gasteiger partial charge in [0.15, 0.2) is 0 Å². The molecule has 1 aromatic rings. The summed E-state index contributed by atoms with van der Waals surface area (Å²) in [5, 5.41) is 3.78. The number of rotatable bonds is 3. The summed E-state index contributed by atoms with van der Waals surface area (Å²) in [7, 11) is 0. The Morgan fingerprint density at radius 2 is 1.74 bits per heavy atom. The van der Waals surface area contributed by atoms with Crippen LogP contribution in [-0.2, 0) is 9.59 Å². The van der Waals surface area contributed by atoms with Crippen molar-refractivity contribution in [2.24, 2.45) is 35.5 Å². The second-order valence-corrected chi connectivity index (χ2v) is 7.54. The molecule has 0 unspecified atom stereocenters. The van der Waals surface area contributed by atoms with Gasteiger partial charge in [0.25, 0.3) is 0 Å². The van der Waals surface area contributed by atoms with Crippen molar-refractivity contribution < 1.29 is 9.59 Å². The van der Waals surface area contributed by atoms with Crippen molar-refractivity contribution in [3.8, 4) is 0 Å². The van der Waals surface area contributed by atoms with Crippen molar-refractivity contribution in [1.82, 2.24) is 4.90 Å². The number of likely N-dealkylation sites (tertiary alicyclic amines) is 1. The maximum Gasteiger partial charge on any atom is 0.235 e. The summed E-state index contributed by atoms with van der Waals surface area (Å²) >= 11 is 5.97. The van der Waals surface area contributed by atoms with Crippen LogP contribution in [0.1, 0.15) is 6.42 Å². The van der Waals surface area contributed by atoms with Crippen molar-refractivity contribution in [3.05, 3.63) is 41.4 Å². The van der Waals surface area contributed by atoms with E-state index in [0.29, 0.717) is 16.9 Å². The van der Waals surface area contributed by atoms with Gasteiger partial charge < -0.3 is 5.32 Å². The van der Waals surface area contributed by atoms with Crippen molar-refractivity contribution >= 4 is 29.1 Å². The highest BCUT2D eigenvalue weighted by Crippen LogP contribution is 2.65. The highest BCUT2D eigenvalue weighted by molar-refractivity contribution is 6.30. The van der Waals surface area contributed by atoms with Crippen molar-refractivity contribution in [2.75, 3.05) is 12.0 Å². The molecule has 0 aromatic heterocycles. The lowest BCUT2D eigenvalue weighted by Crippen LogP contribution is -2.40. The summed E-state index contributed by atoms with van der Waals surface area (Å²) in [4.78, 5) is 27.0. The Bertz CT molecular complexity index is 710. The number of nitrogens with zero attached hydrogens (tertiary/aromatic N) is 1. The maximum atomic E-state index is 12.8. The van der Waals surface area contributed by atoms with Gasteiger partial charge in [0.1, 0.15) is 0 Å². The number of carbonyl (C=O) groups excluding carboxylic acids is 2. The zero-order valence-corrected chi connectivity index (χ0v) is 13.2. The van der Waals surface area contributed by atoms with Gasteiger partial charge in [0, 0.05) is 10.7 Å². The number of halogens is 1. The molecule has 118 valence electrons. The van der Waals surface area contributed by atoms with E-state index in [9.17, 15) is 9.59 Å². The lowest BCUT2D eigenvalue weighted by Gasteiger charge is -2.37. The van der Waals surface area contributed by atoms with Gasteiger partial charge >= 0.3 is 0 Å². The van der Waals surface area contributed by atoms with E-state index >= 15 is 0 Å². The van der Waals surface area contributed by atoms with E-state index in [2.05, 4.69) is 17.5 Å². The SMILES string of the molecule is O=C1[C@H]2[C@@H]3C=C[C@H]([C@@H]4C[C@H]34)[C@@H]2C(=O)N1CNc1cccc(Cl)c1. The Hall–Kier alpha value is -1.81. The topological polar surface area (TPSA) is 49.4 Å². The predicted molar refractivity (Wildman–Crippen MR) is 86.5 cm³/mol. The summed E-state index contributed by atoms with van der Waals surface area (Å²) < 4.78 is 0. The van der Waals surface area contributed by atoms with Crippen molar-refractivity contribution in [3.63, 3.8) is 0 Å². The van der Waals surface area contributed by atoms with Gasteiger partial charge in [-0.25, -0.2) is 0 Å². The molecule has 4 nitrogen and oxygen atoms in total. The van der Waals surface area contributed by atoms with E-state index in [4.69, 9.17) is 11.6 Å². The van der Waals surface area contributed by atoms with E-state index in [-0.39, 0.29) is 42.2 Å². The molecule has 5 heteroatoms. The third-order valence-corrected chi connectivity index (χ3v) is 6.26. The first-order valence-corrected chi connectivity index (χ1v) is 8.56. The fourth-order valence-corrected chi connectivity index (χ4v) is 5.13. The number of hydrogen-bond acceptors (Lipinski definition) is 3. The number of benzene rings is 1. The average molecular weight is 329 g/mol. The molecule has 1 heterocycles. The monoisotopic (exact) mass is 328 g/mol. The standard InChI is InChI=1S/C18H17ClN2O2/c19-9-2-1-3-10(6-9)20-8-21-17(22)15-11-4-5-12(14-7-13(11)14)16(15)18(21)23/h1-6,11-16,20H,7-8H2/t11-,12-,13-,14+,15+,16+/m1/s1. The molecule has 6 rings (SSSR count). The van der Waals surface area contributed by atoms with Crippen LogP contribution >= 0.6 is 11.6 Å². The summed E-state index contributed by atoms with van der Waals surface area (Å²) in [5.41, 5.74) is 0.817. The largest absolute Gasteiger partial charge is 0.367 e. The van der Waals surface area contributed by atoms with Crippen LogP contribution in [0, 0.1) is 35.5 Å². The number of nitrogens with one attached hydrogen (secondary N) is 1. The predicted octanol–water partition coefficient (Wildman–Crippen LogP) is 2.76. The first-order valence-electron chi connectivity index (χ1n) is 8.18. The number of hydrogen-bond donors (Lipinski definition) is 1. The molecule has 2 bridgehead atoms. The Labute approximate surface area is 139 Å². The second-order valence-electron chi connectivity index (χ2n) is 7.10. The normalized spacial score (nSPS) is 39.4. The van der Waals surface area contributed by atoms with Gasteiger partial charge in [0.05, 0.1) is 18.5 Å². The van der Waals surface area contributed by atoms with Crippen LogP contribution in [-0.4, -0.2) is 23.4 Å². The number of amides is 2. The molecule has 6 atom stereocenters. The molecule has 1 saturated heterocycles. The average Bonchev–Trinajstić information content (AvgIpc) is 3.32. The molecule has 1 N–H and O–H groups in total. The Morgan fingerprint density at radius 3 is 2.35 bits per heavy atom. The van der Waals surface area contributed by atoms with Crippen LogP contribution in [0.15, 0.2) is 36.4 Å². The fourth-order valence-electron chi connectivity index (χ4n) is 4.94. The molecular weight excluding hydrogens is 312 g/mol. The summed E-state index contributed by atoms with van der Waals surface area (Å²) in [6.07, 6.45) is 5.58. The van der Waals surface area contributed by atoms with Crippen LogP contribution in [0.4, 0.5) is 5.69 Å². The van der Waals surface area contributed by atoms with E-state index in [1.807, 2.05) is 12.1 Å². The third kappa shape index (κ3) is 1.84. The molecule has 0 spiro atoms. The molecule has 0 radical (unpaired) electrons. The Balaban J connectivity index is 1.37. The van der Waals surface area contributed by atoms with Crippen LogP contribution in [0.25, 0.3) is 0 Å². The fraction of sp³-hybridized carbons (Fsp3) is 0.444. The molecule has 23 heavy (non-hydrogen) atoms. The van der Waals surface area contributed by atoms with Gasteiger partial charge in [-0.1, -0.05) is 29.8 Å². The number of anilines is 1. The first-order chi connectivity index (χ1) is 11.1. The molecule has 5 aliphatic rings. The second kappa shape index (κ2) is 4.60. The molecule has 4 aliphatic carbocycles. The molecule has 1 aromatic carbocycles. The Kier molecular flexibility index (Phi) is 2.72. The van der Waals surface area contributed by atoms with Crippen LogP contribution in [0.3, 0.4) is 0 Å². The maximum absolute atomic E-state index is 12.8. The molecule has 2 amide bonds. The molecule has 1 aliphatic heterocycles. The van der Waals surface area contributed by atoms with E-state index in [1.165, 1.54) is 11.3 Å². The number of imide groups is 1. The van der Waals surface area contributed by atoms with Crippen LogP contribution in [0.2, 0.25) is 5.02 Å². The van der Waals surface area contributed by atoms with Gasteiger partial charge in [0.2, 0.25) is 11.8 Å². The van der Waals surface area contributed by atoms with Gasteiger partial charge in [-0.2, -0.15) is 0 Å². The summed E-state index contributed by atoms with van der Waals surface area (Å²) in [6, 6.07) is 7.31.